The fraction of sp³-hybridized carbons (Fsp3) is 0.444. The zero-order valence-corrected chi connectivity index (χ0v) is 9.48. The van der Waals surface area contributed by atoms with E-state index in [1.807, 2.05) is 6.07 Å². The molecule has 1 aliphatic heterocycles. The summed E-state index contributed by atoms with van der Waals surface area (Å²) < 4.78 is 0.985. The number of aromatic nitrogens is 1. The Morgan fingerprint density at radius 1 is 1.38 bits per heavy atom. The lowest BCUT2D eigenvalue weighted by molar-refractivity contribution is 0.949. The predicted octanol–water partition coefficient (Wildman–Crippen LogP) is 3.10. The van der Waals surface area contributed by atoms with Crippen LogP contribution in [0.1, 0.15) is 12.8 Å². The molecule has 0 bridgehead atoms. The van der Waals surface area contributed by atoms with E-state index in [0.717, 1.165) is 23.2 Å². The Balaban J connectivity index is 2.32. The van der Waals surface area contributed by atoms with Crippen molar-refractivity contribution in [1.82, 2.24) is 4.98 Å². The molecule has 0 amide bonds. The molecule has 0 radical (unpaired) electrons. The summed E-state index contributed by atoms with van der Waals surface area (Å²) in [7, 11) is 0. The summed E-state index contributed by atoms with van der Waals surface area (Å²) >= 11 is 9.40. The number of rotatable bonds is 1. The van der Waals surface area contributed by atoms with Gasteiger partial charge in [-0.05, 0) is 34.8 Å². The highest BCUT2D eigenvalue weighted by Crippen LogP contribution is 2.29. The summed E-state index contributed by atoms with van der Waals surface area (Å²) in [5.41, 5.74) is 1.05. The van der Waals surface area contributed by atoms with Gasteiger partial charge in [-0.1, -0.05) is 11.6 Å². The summed E-state index contributed by atoms with van der Waals surface area (Å²) in [4.78, 5) is 6.38. The molecule has 0 aliphatic carbocycles. The van der Waals surface area contributed by atoms with Crippen molar-refractivity contribution in [2.75, 3.05) is 18.0 Å². The van der Waals surface area contributed by atoms with Gasteiger partial charge in [-0.15, -0.1) is 0 Å². The van der Waals surface area contributed by atoms with Gasteiger partial charge in [0.2, 0.25) is 0 Å². The van der Waals surface area contributed by atoms with Crippen molar-refractivity contribution in [1.29, 1.82) is 0 Å². The van der Waals surface area contributed by atoms with Crippen molar-refractivity contribution in [3.63, 3.8) is 0 Å². The molecule has 70 valence electrons. The third-order valence-electron chi connectivity index (χ3n) is 2.23. The zero-order chi connectivity index (χ0) is 9.26. The van der Waals surface area contributed by atoms with E-state index < -0.39 is 0 Å². The van der Waals surface area contributed by atoms with Crippen LogP contribution in [-0.2, 0) is 0 Å². The highest BCUT2D eigenvalue weighted by atomic mass is 79.9. The van der Waals surface area contributed by atoms with E-state index in [9.17, 15) is 0 Å². The molecule has 2 heterocycles. The second kappa shape index (κ2) is 3.84. The highest BCUT2D eigenvalue weighted by molar-refractivity contribution is 9.10. The normalized spacial score (nSPS) is 16.6. The van der Waals surface area contributed by atoms with Gasteiger partial charge in [0.1, 0.15) is 0 Å². The summed E-state index contributed by atoms with van der Waals surface area (Å²) in [6.45, 7) is 2.19. The first-order valence-electron chi connectivity index (χ1n) is 4.33. The fourth-order valence-corrected chi connectivity index (χ4v) is 2.13. The van der Waals surface area contributed by atoms with E-state index >= 15 is 0 Å². The van der Waals surface area contributed by atoms with Crippen LogP contribution in [0.15, 0.2) is 16.7 Å². The molecule has 1 saturated heterocycles. The summed E-state index contributed by atoms with van der Waals surface area (Å²) in [6, 6.07) is 2.03. The lowest BCUT2D eigenvalue weighted by Crippen LogP contribution is -2.18. The largest absolute Gasteiger partial charge is 0.369 e. The molecule has 2 rings (SSSR count). The molecule has 0 N–H and O–H groups in total. The lowest BCUT2D eigenvalue weighted by Gasteiger charge is -2.18. The van der Waals surface area contributed by atoms with Gasteiger partial charge >= 0.3 is 0 Å². The molecule has 1 fully saturated rings. The monoisotopic (exact) mass is 260 g/mol. The van der Waals surface area contributed by atoms with Crippen molar-refractivity contribution in [3.05, 3.63) is 21.9 Å². The maximum atomic E-state index is 6.00. The Morgan fingerprint density at radius 3 is 2.77 bits per heavy atom. The molecular weight excluding hydrogens is 251 g/mol. The Labute approximate surface area is 91.0 Å². The van der Waals surface area contributed by atoms with E-state index in [4.69, 9.17) is 11.6 Å². The van der Waals surface area contributed by atoms with Crippen LogP contribution < -0.4 is 4.90 Å². The molecule has 0 aromatic carbocycles. The van der Waals surface area contributed by atoms with E-state index in [0.29, 0.717) is 5.15 Å². The number of hydrogen-bond acceptors (Lipinski definition) is 2. The molecule has 4 heteroatoms. The Bertz CT molecular complexity index is 310. The molecule has 13 heavy (non-hydrogen) atoms. The SMILES string of the molecule is Clc1ncc(Br)cc1N1CCCC1. The van der Waals surface area contributed by atoms with Crippen LogP contribution >= 0.6 is 27.5 Å². The van der Waals surface area contributed by atoms with Gasteiger partial charge in [0.15, 0.2) is 5.15 Å². The smallest absolute Gasteiger partial charge is 0.152 e. The Hall–Kier alpha value is -0.280. The lowest BCUT2D eigenvalue weighted by atomic mass is 10.4. The van der Waals surface area contributed by atoms with Crippen LogP contribution in [0.2, 0.25) is 5.15 Å². The summed E-state index contributed by atoms with van der Waals surface area (Å²) in [5, 5.41) is 0.602. The third-order valence-corrected chi connectivity index (χ3v) is 2.96. The molecule has 0 spiro atoms. The maximum absolute atomic E-state index is 6.00. The minimum Gasteiger partial charge on any atom is -0.369 e. The van der Waals surface area contributed by atoms with Gasteiger partial charge < -0.3 is 4.90 Å². The van der Waals surface area contributed by atoms with Crippen LogP contribution in [0, 0.1) is 0 Å². The van der Waals surface area contributed by atoms with E-state index in [-0.39, 0.29) is 0 Å². The van der Waals surface area contributed by atoms with Crippen LogP contribution in [0.4, 0.5) is 5.69 Å². The fourth-order valence-electron chi connectivity index (χ4n) is 1.59. The predicted molar refractivity (Wildman–Crippen MR) is 58.4 cm³/mol. The van der Waals surface area contributed by atoms with Crippen molar-refractivity contribution in [2.45, 2.75) is 12.8 Å². The van der Waals surface area contributed by atoms with Crippen LogP contribution in [0.25, 0.3) is 0 Å². The Morgan fingerprint density at radius 2 is 2.08 bits per heavy atom. The maximum Gasteiger partial charge on any atom is 0.152 e. The second-order valence-electron chi connectivity index (χ2n) is 3.16. The number of pyridine rings is 1. The van der Waals surface area contributed by atoms with Crippen molar-refractivity contribution < 1.29 is 0 Å². The van der Waals surface area contributed by atoms with Crippen LogP contribution in [0.3, 0.4) is 0 Å². The molecule has 2 nitrogen and oxygen atoms in total. The molecule has 1 aromatic rings. The number of hydrogen-bond donors (Lipinski definition) is 0. The first kappa shape index (κ1) is 9.28. The minimum absolute atomic E-state index is 0.602. The number of anilines is 1. The van der Waals surface area contributed by atoms with Crippen molar-refractivity contribution in [2.24, 2.45) is 0 Å². The van der Waals surface area contributed by atoms with Crippen molar-refractivity contribution in [3.8, 4) is 0 Å². The molecule has 1 aliphatic rings. The second-order valence-corrected chi connectivity index (χ2v) is 4.43. The van der Waals surface area contributed by atoms with Gasteiger partial charge in [-0.2, -0.15) is 0 Å². The first-order chi connectivity index (χ1) is 6.27. The molecule has 1 aromatic heterocycles. The topological polar surface area (TPSA) is 16.1 Å². The van der Waals surface area contributed by atoms with Gasteiger partial charge in [0.25, 0.3) is 0 Å². The van der Waals surface area contributed by atoms with E-state index in [1.54, 1.807) is 6.20 Å². The highest BCUT2D eigenvalue weighted by Gasteiger charge is 2.15. The standard InChI is InChI=1S/C9H10BrClN2/c10-7-5-8(9(11)12-6-7)13-3-1-2-4-13/h5-6H,1-4H2. The van der Waals surface area contributed by atoms with Crippen molar-refractivity contribution >= 4 is 33.2 Å². The van der Waals surface area contributed by atoms with E-state index in [2.05, 4.69) is 25.8 Å². The molecule has 0 saturated carbocycles. The summed E-state index contributed by atoms with van der Waals surface area (Å²) in [6.07, 6.45) is 4.23. The third kappa shape index (κ3) is 1.97. The number of nitrogens with zero attached hydrogens (tertiary/aromatic N) is 2. The van der Waals surface area contributed by atoms with Gasteiger partial charge in [-0.3, -0.25) is 0 Å². The average molecular weight is 262 g/mol. The Kier molecular flexibility index (Phi) is 2.74. The molecular formula is C9H10BrClN2. The zero-order valence-electron chi connectivity index (χ0n) is 7.13. The summed E-state index contributed by atoms with van der Waals surface area (Å²) in [5.74, 6) is 0. The quantitative estimate of drug-likeness (QED) is 0.722. The molecule has 0 unspecified atom stereocenters. The van der Waals surface area contributed by atoms with Gasteiger partial charge in [0, 0.05) is 23.8 Å². The number of halogens is 2. The van der Waals surface area contributed by atoms with Crippen LogP contribution in [-0.4, -0.2) is 18.1 Å². The van der Waals surface area contributed by atoms with Gasteiger partial charge in [0.05, 0.1) is 5.69 Å². The first-order valence-corrected chi connectivity index (χ1v) is 5.50. The van der Waals surface area contributed by atoms with E-state index in [1.165, 1.54) is 12.8 Å². The molecule has 0 atom stereocenters. The van der Waals surface area contributed by atoms with Gasteiger partial charge in [-0.25, -0.2) is 4.98 Å². The minimum atomic E-state index is 0.602. The van der Waals surface area contributed by atoms with Crippen LogP contribution in [0.5, 0.6) is 0 Å². The average Bonchev–Trinajstić information content (AvgIpc) is 2.61.